The Morgan fingerprint density at radius 2 is 0.524 bits per heavy atom. The summed E-state index contributed by atoms with van der Waals surface area (Å²) in [5, 5.41) is 16.5. The minimum Gasteiger partial charge on any atom is -1.00 e. The molecule has 0 fully saturated rings. The molecule has 0 aliphatic rings. The molecule has 138 valence electrons. The Morgan fingerprint density at radius 3 is 0.524 bits per heavy atom. The lowest BCUT2D eigenvalue weighted by Gasteiger charge is -1.88. The van der Waals surface area contributed by atoms with E-state index in [-0.39, 0.29) is 84.2 Å². The minimum absolute atomic E-state index is 0. The number of halogens is 3. The number of rotatable bonds is 6. The highest BCUT2D eigenvalue weighted by molar-refractivity contribution is 7.95. The largest absolute Gasteiger partial charge is 1.00 e. The lowest BCUT2D eigenvalue weighted by Crippen LogP contribution is -3.00. The first-order valence-corrected chi connectivity index (χ1v) is 11.6. The third kappa shape index (κ3) is 45.0. The molecule has 0 radical (unpaired) electrons. The van der Waals surface area contributed by atoms with Crippen LogP contribution in [0.1, 0.15) is 41.5 Å². The second-order valence-corrected chi connectivity index (χ2v) is 10.0. The average molecular weight is 558 g/mol. The molecule has 0 aliphatic carbocycles. The highest BCUT2D eigenvalue weighted by atomic mass is 79.9. The summed E-state index contributed by atoms with van der Waals surface area (Å²) in [4.78, 5) is 0. The first-order valence-electron chi connectivity index (χ1n) is 6.68. The second kappa shape index (κ2) is 33.9. The molecule has 0 bridgehead atoms. The van der Waals surface area contributed by atoms with Crippen molar-refractivity contribution in [1.29, 1.82) is 0 Å². The van der Waals surface area contributed by atoms with Gasteiger partial charge in [-0.1, -0.05) is 0 Å². The predicted molar refractivity (Wildman–Crippen MR) is 97.9 cm³/mol. The molecule has 0 atom stereocenters. The molecule has 0 heterocycles. The van der Waals surface area contributed by atoms with E-state index in [1.807, 2.05) is 0 Å². The van der Waals surface area contributed by atoms with Crippen LogP contribution >= 0.6 is 0 Å². The highest BCUT2D eigenvalue weighted by Gasteiger charge is 2.01. The van der Waals surface area contributed by atoms with E-state index in [2.05, 4.69) is 41.5 Å². The van der Waals surface area contributed by atoms with E-state index in [9.17, 15) is 0 Å². The van der Waals surface area contributed by atoms with Gasteiger partial charge in [0, 0.05) is 0 Å². The molecule has 0 aromatic heterocycles. The van der Waals surface area contributed by atoms with Gasteiger partial charge in [-0.2, -0.15) is 15.4 Å². The fraction of sp³-hybridized carbons (Fsp3) is 1.00. The van der Waals surface area contributed by atoms with Crippen molar-refractivity contribution in [2.24, 2.45) is 15.4 Å². The third-order valence-electron chi connectivity index (χ3n) is 2.22. The summed E-state index contributed by atoms with van der Waals surface area (Å²) in [5.74, 6) is 6.81. The molecule has 0 amide bonds. The minimum atomic E-state index is 0. The maximum absolute atomic E-state index is 5.50. The quantitative estimate of drug-likeness (QED) is 0.284. The van der Waals surface area contributed by atoms with Gasteiger partial charge in [0.2, 0.25) is 0 Å². The molecular weight excluding hydrogens is 522 g/mol. The van der Waals surface area contributed by atoms with Crippen molar-refractivity contribution < 1.29 is 50.9 Å². The molecular formula is C12H36Br3N3S3. The van der Waals surface area contributed by atoms with E-state index in [1.165, 1.54) is 0 Å². The SMILES string of the molecule is CC[S+](N)CC.CC[S+](N)CC.CC[S+](N)CC.[Br-].[Br-].[Br-]. The lowest BCUT2D eigenvalue weighted by atomic mass is 11.0. The van der Waals surface area contributed by atoms with E-state index in [0.717, 1.165) is 34.5 Å². The molecule has 6 N–H and O–H groups in total. The molecule has 0 saturated heterocycles. The average Bonchev–Trinajstić information content (AvgIpc) is 2.45. The van der Waals surface area contributed by atoms with Gasteiger partial charge in [0.15, 0.2) is 0 Å². The number of hydrogen-bond acceptors (Lipinski definition) is 3. The summed E-state index contributed by atoms with van der Waals surface area (Å²) in [5.41, 5.74) is 0. The van der Waals surface area contributed by atoms with E-state index in [0.29, 0.717) is 0 Å². The molecule has 0 unspecified atom stereocenters. The highest BCUT2D eigenvalue weighted by Crippen LogP contribution is 1.81. The van der Waals surface area contributed by atoms with Crippen LogP contribution in [0.3, 0.4) is 0 Å². The van der Waals surface area contributed by atoms with Gasteiger partial charge < -0.3 is 50.9 Å². The van der Waals surface area contributed by atoms with Crippen LogP contribution in [-0.4, -0.2) is 34.5 Å². The molecule has 0 saturated carbocycles. The van der Waals surface area contributed by atoms with Crippen molar-refractivity contribution in [3.8, 4) is 0 Å². The van der Waals surface area contributed by atoms with Gasteiger partial charge >= 0.3 is 0 Å². The molecule has 0 aromatic rings. The van der Waals surface area contributed by atoms with Crippen molar-refractivity contribution in [1.82, 2.24) is 0 Å². The van der Waals surface area contributed by atoms with Crippen molar-refractivity contribution in [2.75, 3.05) is 34.5 Å². The van der Waals surface area contributed by atoms with Gasteiger partial charge in [-0.05, 0) is 41.5 Å². The Hall–Kier alpha value is 2.37. The summed E-state index contributed by atoms with van der Waals surface area (Å²) in [7, 11) is 0. The predicted octanol–water partition coefficient (Wildman–Crippen LogP) is -7.43. The second-order valence-electron chi connectivity index (χ2n) is 3.34. The summed E-state index contributed by atoms with van der Waals surface area (Å²) in [6.45, 7) is 12.7. The van der Waals surface area contributed by atoms with Gasteiger partial charge in [-0.15, -0.1) is 0 Å². The first kappa shape index (κ1) is 38.8. The molecule has 0 aromatic carbocycles. The van der Waals surface area contributed by atoms with E-state index < -0.39 is 0 Å². The van der Waals surface area contributed by atoms with Crippen molar-refractivity contribution >= 4 is 33.2 Å². The van der Waals surface area contributed by atoms with Gasteiger partial charge in [-0.25, -0.2) is 0 Å². The van der Waals surface area contributed by atoms with Crippen LogP contribution in [0.4, 0.5) is 0 Å². The zero-order valence-electron chi connectivity index (χ0n) is 14.3. The summed E-state index contributed by atoms with van der Waals surface area (Å²) < 4.78 is 0. The third-order valence-corrected chi connectivity index (χ3v) is 6.67. The lowest BCUT2D eigenvalue weighted by molar-refractivity contribution is -0.00100. The fourth-order valence-electron chi connectivity index (χ4n) is 0.612. The van der Waals surface area contributed by atoms with Crippen molar-refractivity contribution in [3.05, 3.63) is 0 Å². The van der Waals surface area contributed by atoms with Crippen LogP contribution in [0.25, 0.3) is 0 Å². The Labute approximate surface area is 174 Å². The molecule has 21 heavy (non-hydrogen) atoms. The maximum Gasteiger partial charge on any atom is 0.124 e. The van der Waals surface area contributed by atoms with Gasteiger partial charge in [0.25, 0.3) is 0 Å². The maximum atomic E-state index is 5.50. The van der Waals surface area contributed by atoms with E-state index >= 15 is 0 Å². The van der Waals surface area contributed by atoms with E-state index in [4.69, 9.17) is 15.4 Å². The molecule has 9 heteroatoms. The van der Waals surface area contributed by atoms with Crippen LogP contribution in [0.5, 0.6) is 0 Å². The van der Waals surface area contributed by atoms with Crippen LogP contribution in [0.15, 0.2) is 0 Å². The number of nitrogens with two attached hydrogens (primary N) is 3. The first-order chi connectivity index (χ1) is 8.42. The standard InChI is InChI=1S/3C4H12NS.3BrH/c3*1-3-6(5)4-2;;;/h3*3-5H2,1-2H3;3*1H/q3*+1;;;/p-3. The van der Waals surface area contributed by atoms with E-state index in [1.54, 1.807) is 0 Å². The topological polar surface area (TPSA) is 78.1 Å². The van der Waals surface area contributed by atoms with Crippen molar-refractivity contribution in [2.45, 2.75) is 41.5 Å². The van der Waals surface area contributed by atoms with Crippen molar-refractivity contribution in [3.63, 3.8) is 0 Å². The Bertz CT molecular complexity index is 116. The molecule has 0 aliphatic heterocycles. The van der Waals surface area contributed by atoms with Crippen LogP contribution < -0.4 is 66.4 Å². The van der Waals surface area contributed by atoms with Gasteiger partial charge in [0.05, 0.1) is 33.2 Å². The Morgan fingerprint density at radius 1 is 0.429 bits per heavy atom. The van der Waals surface area contributed by atoms with Crippen LogP contribution in [0.2, 0.25) is 0 Å². The normalized spacial score (nSPS) is 8.57. The zero-order chi connectivity index (χ0) is 15.0. The molecule has 0 spiro atoms. The van der Waals surface area contributed by atoms with Gasteiger partial charge in [0.1, 0.15) is 34.5 Å². The summed E-state index contributed by atoms with van der Waals surface area (Å²) in [6, 6.07) is 0. The zero-order valence-corrected chi connectivity index (χ0v) is 21.5. The fourth-order valence-corrected chi connectivity index (χ4v) is 1.84. The number of hydrogen-bond donors (Lipinski definition) is 3. The Balaban J connectivity index is -0.0000000375. The van der Waals surface area contributed by atoms with Gasteiger partial charge in [-0.3, -0.25) is 0 Å². The molecule has 3 nitrogen and oxygen atoms in total. The summed E-state index contributed by atoms with van der Waals surface area (Å²) in [6.07, 6.45) is 0. The smallest absolute Gasteiger partial charge is 0.124 e. The van der Waals surface area contributed by atoms with Crippen LogP contribution in [0, 0.1) is 0 Å². The molecule has 0 rings (SSSR count). The van der Waals surface area contributed by atoms with Crippen LogP contribution in [-0.2, 0) is 33.2 Å². The monoisotopic (exact) mass is 555 g/mol. The summed E-state index contributed by atoms with van der Waals surface area (Å²) >= 11 is 0.648. The Kier molecular flexibility index (Phi) is 62.5.